The van der Waals surface area contributed by atoms with Gasteiger partial charge in [0.25, 0.3) is 5.91 Å². The lowest BCUT2D eigenvalue weighted by Gasteiger charge is -2.31. The Morgan fingerprint density at radius 1 is 1.05 bits per heavy atom. The van der Waals surface area contributed by atoms with E-state index in [1.165, 1.54) is 0 Å². The molecule has 1 fully saturated rings. The molecule has 0 saturated carbocycles. The van der Waals surface area contributed by atoms with Crippen LogP contribution in [-0.4, -0.2) is 78.8 Å². The molecule has 0 radical (unpaired) electrons. The summed E-state index contributed by atoms with van der Waals surface area (Å²) in [6, 6.07) is 7.81. The summed E-state index contributed by atoms with van der Waals surface area (Å²) >= 11 is 0. The van der Waals surface area contributed by atoms with E-state index < -0.39 is 21.5 Å². The molecule has 2 N–H and O–H groups in total. The molecule has 208 valence electrons. The number of hydrogen-bond acceptors (Lipinski definition) is 6. The number of carbonyl (C=O) groups excluding carboxylic acids is 2. The van der Waals surface area contributed by atoms with Gasteiger partial charge in [-0.1, -0.05) is 39.0 Å². The average Bonchev–Trinajstić information content (AvgIpc) is 3.12. The summed E-state index contributed by atoms with van der Waals surface area (Å²) in [6.07, 6.45) is 2.18. The van der Waals surface area contributed by atoms with Crippen LogP contribution in [0.1, 0.15) is 68.0 Å². The van der Waals surface area contributed by atoms with Crippen molar-refractivity contribution >= 4 is 21.8 Å². The van der Waals surface area contributed by atoms with Crippen molar-refractivity contribution in [2.75, 3.05) is 33.7 Å². The molecule has 0 aliphatic carbocycles. The number of likely N-dealkylation sites (N-methyl/N-ethyl adjacent to an activating group) is 1. The third-order valence-corrected chi connectivity index (χ3v) is 9.42. The third-order valence-electron chi connectivity index (χ3n) is 7.51. The Labute approximate surface area is 225 Å². The fourth-order valence-electron chi connectivity index (χ4n) is 5.36. The van der Waals surface area contributed by atoms with Crippen LogP contribution in [0.15, 0.2) is 35.2 Å². The number of hydrogen-bond donors (Lipinski definition) is 2. The van der Waals surface area contributed by atoms with E-state index in [4.69, 9.17) is 4.98 Å². The fraction of sp³-hybridized carbons (Fsp3) is 0.593. The number of benzene rings is 1. The fourth-order valence-corrected chi connectivity index (χ4v) is 6.85. The molecule has 2 aliphatic heterocycles. The number of nitrogens with zero attached hydrogens (tertiary/aromatic N) is 4. The second-order valence-corrected chi connectivity index (χ2v) is 13.3. The maximum Gasteiger partial charge on any atom is 0.272 e. The predicted octanol–water partition coefficient (Wildman–Crippen LogP) is 2.18. The zero-order valence-corrected chi connectivity index (χ0v) is 23.8. The van der Waals surface area contributed by atoms with E-state index in [1.807, 2.05) is 27.8 Å². The van der Waals surface area contributed by atoms with Crippen molar-refractivity contribution in [3.8, 4) is 0 Å². The van der Waals surface area contributed by atoms with Crippen LogP contribution in [0, 0.1) is 5.41 Å². The number of carbonyl (C=O) groups is 2. The Balaban J connectivity index is 1.60. The van der Waals surface area contributed by atoms with E-state index in [0.717, 1.165) is 31.0 Å². The highest BCUT2D eigenvalue weighted by Gasteiger charge is 2.37. The quantitative estimate of drug-likeness (QED) is 0.576. The molecule has 38 heavy (non-hydrogen) atoms. The van der Waals surface area contributed by atoms with Crippen LogP contribution >= 0.6 is 0 Å². The number of rotatable bonds is 6. The molecule has 2 amide bonds. The van der Waals surface area contributed by atoms with Gasteiger partial charge in [0.05, 0.1) is 10.6 Å². The molecule has 1 atom stereocenters. The first-order valence-electron chi connectivity index (χ1n) is 13.3. The number of nitrogens with one attached hydrogen (secondary N) is 2. The SMILES string of the molecule is CNC(=O)C(NC(=O)c1nc(C2CCN(S(=O)(=O)c3ccccc3)CC2)n2c1CN(C)CCC2)C(C)(C)C. The summed E-state index contributed by atoms with van der Waals surface area (Å²) in [7, 11) is 0.0429. The standard InChI is InChI=1S/C27H40N6O4S/c1-27(2,3)23(26(35)28-4)30-25(34)22-21-18-31(5)14-9-15-33(21)24(29-22)19-12-16-32(17-13-19)38(36,37)20-10-7-6-8-11-20/h6-8,10-11,19,23H,9,12-18H2,1-5H3,(H,28,35)(H,30,34). The van der Waals surface area contributed by atoms with Gasteiger partial charge in [0.1, 0.15) is 11.9 Å². The van der Waals surface area contributed by atoms with Crippen LogP contribution < -0.4 is 10.6 Å². The van der Waals surface area contributed by atoms with Crippen molar-refractivity contribution in [3.05, 3.63) is 47.5 Å². The van der Waals surface area contributed by atoms with E-state index in [9.17, 15) is 18.0 Å². The number of piperidine rings is 1. The highest BCUT2D eigenvalue weighted by Crippen LogP contribution is 2.33. The van der Waals surface area contributed by atoms with Gasteiger partial charge in [-0.05, 0) is 50.4 Å². The topological polar surface area (TPSA) is 117 Å². The number of imidazole rings is 1. The molecule has 1 aromatic heterocycles. The predicted molar refractivity (Wildman–Crippen MR) is 145 cm³/mol. The Hall–Kier alpha value is -2.76. The van der Waals surface area contributed by atoms with Crippen LogP contribution in [0.5, 0.6) is 0 Å². The van der Waals surface area contributed by atoms with E-state index in [-0.39, 0.29) is 17.7 Å². The molecule has 1 aromatic carbocycles. The van der Waals surface area contributed by atoms with Gasteiger partial charge in [0.2, 0.25) is 15.9 Å². The lowest BCUT2D eigenvalue weighted by molar-refractivity contribution is -0.124. The van der Waals surface area contributed by atoms with Crippen LogP contribution in [0.25, 0.3) is 0 Å². The molecular formula is C27H40N6O4S. The van der Waals surface area contributed by atoms with Crippen molar-refractivity contribution in [2.24, 2.45) is 5.41 Å². The summed E-state index contributed by atoms with van der Waals surface area (Å²) in [5.41, 5.74) is 0.719. The maximum absolute atomic E-state index is 13.6. The van der Waals surface area contributed by atoms with Crippen molar-refractivity contribution in [1.29, 1.82) is 0 Å². The van der Waals surface area contributed by atoms with Gasteiger partial charge < -0.3 is 20.1 Å². The molecular weight excluding hydrogens is 504 g/mol. The van der Waals surface area contributed by atoms with Gasteiger partial charge in [-0.3, -0.25) is 9.59 Å². The van der Waals surface area contributed by atoms with Gasteiger partial charge in [-0.25, -0.2) is 13.4 Å². The van der Waals surface area contributed by atoms with Crippen molar-refractivity contribution in [2.45, 2.75) is 70.0 Å². The van der Waals surface area contributed by atoms with E-state index in [0.29, 0.717) is 43.1 Å². The molecule has 2 aliphatic rings. The molecule has 3 heterocycles. The minimum atomic E-state index is -3.55. The summed E-state index contributed by atoms with van der Waals surface area (Å²) < 4.78 is 29.9. The zero-order chi connectivity index (χ0) is 27.7. The highest BCUT2D eigenvalue weighted by atomic mass is 32.2. The molecule has 4 rings (SSSR count). The first-order valence-corrected chi connectivity index (χ1v) is 14.7. The zero-order valence-electron chi connectivity index (χ0n) is 23.0. The van der Waals surface area contributed by atoms with E-state index >= 15 is 0 Å². The minimum absolute atomic E-state index is 0.0401. The van der Waals surface area contributed by atoms with Crippen LogP contribution in [0.2, 0.25) is 0 Å². The average molecular weight is 545 g/mol. The summed E-state index contributed by atoms with van der Waals surface area (Å²) in [6.45, 7) is 8.76. The van der Waals surface area contributed by atoms with Gasteiger partial charge >= 0.3 is 0 Å². The van der Waals surface area contributed by atoms with Gasteiger partial charge in [-0.15, -0.1) is 0 Å². The van der Waals surface area contributed by atoms with Crippen molar-refractivity contribution in [1.82, 2.24) is 29.4 Å². The Morgan fingerprint density at radius 3 is 2.32 bits per heavy atom. The van der Waals surface area contributed by atoms with Gasteiger partial charge in [-0.2, -0.15) is 4.31 Å². The van der Waals surface area contributed by atoms with E-state index in [2.05, 4.69) is 20.1 Å². The maximum atomic E-state index is 13.6. The Bertz CT molecular complexity index is 1260. The second-order valence-electron chi connectivity index (χ2n) is 11.4. The molecule has 0 bridgehead atoms. The summed E-state index contributed by atoms with van der Waals surface area (Å²) in [4.78, 5) is 33.5. The molecule has 1 saturated heterocycles. The number of sulfonamides is 1. The summed E-state index contributed by atoms with van der Waals surface area (Å²) in [5, 5.41) is 5.59. The first-order chi connectivity index (χ1) is 17.9. The van der Waals surface area contributed by atoms with Crippen molar-refractivity contribution < 1.29 is 18.0 Å². The monoisotopic (exact) mass is 544 g/mol. The highest BCUT2D eigenvalue weighted by molar-refractivity contribution is 7.89. The molecule has 0 spiro atoms. The second kappa shape index (κ2) is 11.2. The molecule has 10 nitrogen and oxygen atoms in total. The first kappa shape index (κ1) is 28.3. The van der Waals surface area contributed by atoms with Crippen LogP contribution in [-0.2, 0) is 27.9 Å². The molecule has 11 heteroatoms. The Kier molecular flexibility index (Phi) is 8.29. The normalized spacial score (nSPS) is 18.9. The largest absolute Gasteiger partial charge is 0.357 e. The third kappa shape index (κ3) is 5.79. The van der Waals surface area contributed by atoms with Crippen molar-refractivity contribution in [3.63, 3.8) is 0 Å². The van der Waals surface area contributed by atoms with Gasteiger partial charge in [0, 0.05) is 39.1 Å². The number of amides is 2. The smallest absolute Gasteiger partial charge is 0.272 e. The molecule has 2 aromatic rings. The lowest BCUT2D eigenvalue weighted by atomic mass is 9.86. The van der Waals surface area contributed by atoms with E-state index in [1.54, 1.807) is 41.7 Å². The number of fused-ring (bicyclic) bond motifs is 1. The van der Waals surface area contributed by atoms with Crippen LogP contribution in [0.4, 0.5) is 0 Å². The minimum Gasteiger partial charge on any atom is -0.357 e. The van der Waals surface area contributed by atoms with Crippen LogP contribution in [0.3, 0.4) is 0 Å². The Morgan fingerprint density at radius 2 is 1.71 bits per heavy atom. The summed E-state index contributed by atoms with van der Waals surface area (Å²) in [5.74, 6) is 0.270. The molecule has 1 unspecified atom stereocenters. The lowest BCUT2D eigenvalue weighted by Crippen LogP contribution is -2.53. The number of aromatic nitrogens is 2. The van der Waals surface area contributed by atoms with Gasteiger partial charge in [0.15, 0.2) is 5.69 Å².